The van der Waals surface area contributed by atoms with Crippen molar-refractivity contribution in [2.24, 2.45) is 0 Å². The lowest BCUT2D eigenvalue weighted by Crippen LogP contribution is -2.12. The fourth-order valence-electron chi connectivity index (χ4n) is 2.20. The number of rotatable bonds is 3. The highest BCUT2D eigenvalue weighted by Crippen LogP contribution is 2.22. The first-order valence-corrected chi connectivity index (χ1v) is 8.29. The Hall–Kier alpha value is -2.53. The van der Waals surface area contributed by atoms with Crippen molar-refractivity contribution in [3.63, 3.8) is 0 Å². The summed E-state index contributed by atoms with van der Waals surface area (Å²) in [6.07, 6.45) is 3.33. The lowest BCUT2D eigenvalue weighted by molar-refractivity contribution is 0.102. The molecular weight excluding hydrogens is 296 g/mol. The van der Waals surface area contributed by atoms with Crippen LogP contribution in [0, 0.1) is 0 Å². The number of carbonyl (C=O) groups is 1. The predicted molar refractivity (Wildman–Crippen MR) is 88.5 cm³/mol. The SMILES string of the molecule is C[S@](=O)c1ccc(C(=O)Nc2cccc3ncccc23)cc1. The highest BCUT2D eigenvalue weighted by atomic mass is 32.2. The van der Waals surface area contributed by atoms with Gasteiger partial charge in [-0.2, -0.15) is 0 Å². The molecule has 0 aliphatic carbocycles. The number of pyridine rings is 1. The van der Waals surface area contributed by atoms with Gasteiger partial charge in [0.1, 0.15) is 0 Å². The van der Waals surface area contributed by atoms with Crippen LogP contribution in [0.5, 0.6) is 0 Å². The van der Waals surface area contributed by atoms with Gasteiger partial charge in [-0.25, -0.2) is 0 Å². The molecule has 1 atom stereocenters. The van der Waals surface area contributed by atoms with E-state index in [4.69, 9.17) is 0 Å². The fraction of sp³-hybridized carbons (Fsp3) is 0.0588. The largest absolute Gasteiger partial charge is 0.321 e. The van der Waals surface area contributed by atoms with Crippen molar-refractivity contribution >= 4 is 33.3 Å². The zero-order chi connectivity index (χ0) is 15.5. The highest BCUT2D eigenvalue weighted by molar-refractivity contribution is 7.84. The van der Waals surface area contributed by atoms with Crippen LogP contribution in [0.25, 0.3) is 10.9 Å². The molecule has 4 nitrogen and oxygen atoms in total. The van der Waals surface area contributed by atoms with Gasteiger partial charge in [-0.3, -0.25) is 14.0 Å². The standard InChI is InChI=1S/C17H14N2O2S/c1-22(21)13-9-7-12(8-10-13)17(20)19-16-6-2-5-15-14(16)4-3-11-18-15/h2-11H,1H3,(H,19,20)/t22-/m0/s1. The number of hydrogen-bond acceptors (Lipinski definition) is 3. The first-order chi connectivity index (χ1) is 10.6. The van der Waals surface area contributed by atoms with E-state index in [1.54, 1.807) is 36.7 Å². The van der Waals surface area contributed by atoms with Crippen LogP contribution in [-0.4, -0.2) is 21.4 Å². The second kappa shape index (κ2) is 6.07. The van der Waals surface area contributed by atoms with E-state index in [-0.39, 0.29) is 5.91 Å². The van der Waals surface area contributed by atoms with Gasteiger partial charge in [-0.15, -0.1) is 0 Å². The number of hydrogen-bond donors (Lipinski definition) is 1. The van der Waals surface area contributed by atoms with Gasteiger partial charge in [0.05, 0.1) is 11.2 Å². The summed E-state index contributed by atoms with van der Waals surface area (Å²) in [5.41, 5.74) is 2.07. The molecule has 0 aliphatic rings. The Bertz CT molecular complexity index is 855. The van der Waals surface area contributed by atoms with Gasteiger partial charge < -0.3 is 5.32 Å². The van der Waals surface area contributed by atoms with Gasteiger partial charge in [0.25, 0.3) is 5.91 Å². The molecule has 3 aromatic rings. The van der Waals surface area contributed by atoms with Crippen molar-refractivity contribution in [1.29, 1.82) is 0 Å². The van der Waals surface area contributed by atoms with Crippen molar-refractivity contribution in [2.45, 2.75) is 4.90 Å². The Morgan fingerprint density at radius 2 is 1.82 bits per heavy atom. The topological polar surface area (TPSA) is 59.1 Å². The number of aromatic nitrogens is 1. The molecule has 0 unspecified atom stereocenters. The maximum atomic E-state index is 12.3. The Labute approximate surface area is 130 Å². The molecule has 2 aromatic carbocycles. The second-order valence-corrected chi connectivity index (χ2v) is 6.19. The lowest BCUT2D eigenvalue weighted by atomic mass is 10.1. The molecule has 0 spiro atoms. The van der Waals surface area contributed by atoms with Crippen molar-refractivity contribution < 1.29 is 9.00 Å². The molecule has 0 radical (unpaired) electrons. The zero-order valence-corrected chi connectivity index (χ0v) is 12.8. The fourth-order valence-corrected chi connectivity index (χ4v) is 2.72. The van der Waals surface area contributed by atoms with Crippen molar-refractivity contribution in [1.82, 2.24) is 4.98 Å². The molecule has 110 valence electrons. The normalized spacial score (nSPS) is 12.0. The van der Waals surface area contributed by atoms with Crippen LogP contribution >= 0.6 is 0 Å². The third kappa shape index (κ3) is 2.89. The maximum Gasteiger partial charge on any atom is 0.255 e. The summed E-state index contributed by atoms with van der Waals surface area (Å²) in [6, 6.07) is 16.1. The van der Waals surface area contributed by atoms with Gasteiger partial charge in [0.15, 0.2) is 0 Å². The summed E-state index contributed by atoms with van der Waals surface area (Å²) < 4.78 is 11.4. The molecule has 22 heavy (non-hydrogen) atoms. The molecule has 1 heterocycles. The van der Waals surface area contributed by atoms with E-state index in [2.05, 4.69) is 10.3 Å². The summed E-state index contributed by atoms with van der Waals surface area (Å²) in [6.45, 7) is 0. The third-order valence-corrected chi connectivity index (χ3v) is 4.28. The number of fused-ring (bicyclic) bond motifs is 1. The highest BCUT2D eigenvalue weighted by Gasteiger charge is 2.09. The monoisotopic (exact) mass is 310 g/mol. The number of nitrogens with zero attached hydrogens (tertiary/aromatic N) is 1. The number of amides is 1. The van der Waals surface area contributed by atoms with Crippen LogP contribution in [-0.2, 0) is 10.8 Å². The molecule has 0 saturated heterocycles. The number of nitrogens with one attached hydrogen (secondary N) is 1. The van der Waals surface area contributed by atoms with Crippen LogP contribution < -0.4 is 5.32 Å². The van der Waals surface area contributed by atoms with Crippen LogP contribution in [0.2, 0.25) is 0 Å². The van der Waals surface area contributed by atoms with Crippen LogP contribution in [0.1, 0.15) is 10.4 Å². The summed E-state index contributed by atoms with van der Waals surface area (Å²) in [5, 5.41) is 3.79. The second-order valence-electron chi connectivity index (χ2n) is 4.81. The molecule has 0 saturated carbocycles. The van der Waals surface area contributed by atoms with Gasteiger partial charge in [0.2, 0.25) is 0 Å². The number of benzene rings is 2. The first kappa shape index (κ1) is 14.4. The van der Waals surface area contributed by atoms with Crippen molar-refractivity contribution in [3.8, 4) is 0 Å². The van der Waals surface area contributed by atoms with E-state index in [1.807, 2.05) is 30.3 Å². The molecular formula is C17H14N2O2S. The van der Waals surface area contributed by atoms with E-state index in [0.29, 0.717) is 10.5 Å². The van der Waals surface area contributed by atoms with E-state index in [9.17, 15) is 9.00 Å². The molecule has 0 aliphatic heterocycles. The van der Waals surface area contributed by atoms with E-state index < -0.39 is 10.8 Å². The maximum absolute atomic E-state index is 12.3. The van der Waals surface area contributed by atoms with Gasteiger partial charge in [-0.1, -0.05) is 6.07 Å². The predicted octanol–water partition coefficient (Wildman–Crippen LogP) is 3.22. The minimum Gasteiger partial charge on any atom is -0.321 e. The van der Waals surface area contributed by atoms with E-state index >= 15 is 0 Å². The summed E-state index contributed by atoms with van der Waals surface area (Å²) >= 11 is 0. The first-order valence-electron chi connectivity index (χ1n) is 6.74. The third-order valence-electron chi connectivity index (χ3n) is 3.34. The van der Waals surface area contributed by atoms with Gasteiger partial charge in [-0.05, 0) is 48.5 Å². The number of carbonyl (C=O) groups excluding carboxylic acids is 1. The molecule has 1 amide bonds. The molecule has 1 aromatic heterocycles. The van der Waals surface area contributed by atoms with Crippen LogP contribution in [0.15, 0.2) is 65.7 Å². The smallest absolute Gasteiger partial charge is 0.255 e. The molecule has 3 rings (SSSR count). The lowest BCUT2D eigenvalue weighted by Gasteiger charge is -2.08. The Morgan fingerprint density at radius 1 is 1.05 bits per heavy atom. The molecule has 0 bridgehead atoms. The number of anilines is 1. The van der Waals surface area contributed by atoms with Crippen LogP contribution in [0.3, 0.4) is 0 Å². The molecule has 1 N–H and O–H groups in total. The quantitative estimate of drug-likeness (QED) is 0.808. The average Bonchev–Trinajstić information content (AvgIpc) is 2.55. The zero-order valence-electron chi connectivity index (χ0n) is 11.9. The summed E-state index contributed by atoms with van der Waals surface area (Å²) in [5.74, 6) is -0.204. The molecule has 0 fully saturated rings. The molecule has 5 heteroatoms. The summed E-state index contributed by atoms with van der Waals surface area (Å²) in [4.78, 5) is 17.3. The van der Waals surface area contributed by atoms with Crippen molar-refractivity contribution in [3.05, 3.63) is 66.4 Å². The minimum atomic E-state index is -1.05. The summed E-state index contributed by atoms with van der Waals surface area (Å²) in [7, 11) is -1.05. The van der Waals surface area contributed by atoms with Crippen molar-refractivity contribution in [2.75, 3.05) is 11.6 Å². The van der Waals surface area contributed by atoms with Gasteiger partial charge in [0, 0.05) is 39.1 Å². The van der Waals surface area contributed by atoms with E-state index in [0.717, 1.165) is 16.6 Å². The Balaban J connectivity index is 1.88. The van der Waals surface area contributed by atoms with Crippen LogP contribution in [0.4, 0.5) is 5.69 Å². The average molecular weight is 310 g/mol. The van der Waals surface area contributed by atoms with E-state index in [1.165, 1.54) is 0 Å². The van der Waals surface area contributed by atoms with Gasteiger partial charge >= 0.3 is 0 Å². The Morgan fingerprint density at radius 3 is 2.55 bits per heavy atom. The minimum absolute atomic E-state index is 0.204. The Kier molecular flexibility index (Phi) is 3.98.